The average molecular weight is 312 g/mol. The molecular formula is C16H28N2O4. The first kappa shape index (κ1) is 17.1. The van der Waals surface area contributed by atoms with Gasteiger partial charge in [0.2, 0.25) is 0 Å². The van der Waals surface area contributed by atoms with Crippen molar-refractivity contribution in [3.8, 4) is 0 Å². The number of nitrogens with zero attached hydrogens (tertiary/aromatic N) is 1. The van der Waals surface area contributed by atoms with Crippen LogP contribution in [-0.2, 0) is 4.79 Å². The molecule has 1 aliphatic carbocycles. The highest BCUT2D eigenvalue weighted by atomic mass is 16.4. The Hall–Kier alpha value is -1.30. The highest BCUT2D eigenvalue weighted by Crippen LogP contribution is 2.25. The van der Waals surface area contributed by atoms with Crippen LogP contribution in [-0.4, -0.2) is 52.9 Å². The Bertz CT molecular complexity index is 380. The van der Waals surface area contributed by atoms with Crippen molar-refractivity contribution in [2.24, 2.45) is 11.8 Å². The molecule has 0 aromatic rings. The van der Waals surface area contributed by atoms with Crippen molar-refractivity contribution in [3.63, 3.8) is 0 Å². The maximum atomic E-state index is 12.3. The number of aliphatic hydroxyl groups excluding tert-OH is 1. The normalized spacial score (nSPS) is 29.7. The third-order valence-corrected chi connectivity index (χ3v) is 5.08. The molecule has 1 aliphatic heterocycles. The van der Waals surface area contributed by atoms with Crippen molar-refractivity contribution in [2.45, 2.75) is 57.4 Å². The zero-order valence-corrected chi connectivity index (χ0v) is 13.2. The molecule has 2 aliphatic rings. The predicted molar refractivity (Wildman–Crippen MR) is 82.5 cm³/mol. The van der Waals surface area contributed by atoms with Crippen LogP contribution in [0, 0.1) is 11.8 Å². The number of carboxylic acids is 1. The van der Waals surface area contributed by atoms with Crippen LogP contribution in [0.2, 0.25) is 0 Å². The van der Waals surface area contributed by atoms with Crippen LogP contribution in [0.5, 0.6) is 0 Å². The van der Waals surface area contributed by atoms with Gasteiger partial charge in [0.25, 0.3) is 0 Å². The van der Waals surface area contributed by atoms with E-state index in [1.54, 1.807) is 0 Å². The van der Waals surface area contributed by atoms with Crippen molar-refractivity contribution in [1.82, 2.24) is 10.2 Å². The van der Waals surface area contributed by atoms with Crippen molar-refractivity contribution in [3.05, 3.63) is 0 Å². The summed E-state index contributed by atoms with van der Waals surface area (Å²) < 4.78 is 0. The Kier molecular flexibility index (Phi) is 6.49. The lowest BCUT2D eigenvalue weighted by molar-refractivity contribution is -0.142. The fourth-order valence-electron chi connectivity index (χ4n) is 3.59. The Labute approximate surface area is 131 Å². The number of aliphatic hydroxyl groups is 1. The molecule has 2 fully saturated rings. The summed E-state index contributed by atoms with van der Waals surface area (Å²) in [4.78, 5) is 25.2. The number of likely N-dealkylation sites (tertiary alicyclic amines) is 1. The van der Waals surface area contributed by atoms with E-state index in [4.69, 9.17) is 10.2 Å². The van der Waals surface area contributed by atoms with Gasteiger partial charge in [-0.15, -0.1) is 0 Å². The number of carbonyl (C=O) groups is 2. The van der Waals surface area contributed by atoms with E-state index in [9.17, 15) is 9.59 Å². The van der Waals surface area contributed by atoms with E-state index < -0.39 is 5.97 Å². The summed E-state index contributed by atoms with van der Waals surface area (Å²) >= 11 is 0. The van der Waals surface area contributed by atoms with Gasteiger partial charge in [0.1, 0.15) is 0 Å². The van der Waals surface area contributed by atoms with Gasteiger partial charge in [-0.3, -0.25) is 4.79 Å². The summed E-state index contributed by atoms with van der Waals surface area (Å²) in [5, 5.41) is 21.1. The lowest BCUT2D eigenvalue weighted by atomic mass is 9.86. The molecule has 22 heavy (non-hydrogen) atoms. The smallest absolute Gasteiger partial charge is 0.317 e. The van der Waals surface area contributed by atoms with Crippen LogP contribution < -0.4 is 5.32 Å². The molecule has 0 bridgehead atoms. The van der Waals surface area contributed by atoms with Crippen molar-refractivity contribution >= 4 is 12.0 Å². The van der Waals surface area contributed by atoms with Gasteiger partial charge in [0, 0.05) is 25.7 Å². The van der Waals surface area contributed by atoms with Gasteiger partial charge < -0.3 is 20.4 Å². The number of nitrogens with one attached hydrogen (secondary N) is 1. The van der Waals surface area contributed by atoms with Crippen molar-refractivity contribution in [2.75, 3.05) is 19.7 Å². The van der Waals surface area contributed by atoms with E-state index >= 15 is 0 Å². The van der Waals surface area contributed by atoms with Gasteiger partial charge in [-0.1, -0.05) is 0 Å². The highest BCUT2D eigenvalue weighted by molar-refractivity contribution is 5.74. The average Bonchev–Trinajstić information content (AvgIpc) is 2.74. The highest BCUT2D eigenvalue weighted by Gasteiger charge is 2.28. The molecule has 0 aromatic heterocycles. The van der Waals surface area contributed by atoms with Gasteiger partial charge in [-0.2, -0.15) is 0 Å². The van der Waals surface area contributed by atoms with E-state index in [0.717, 1.165) is 51.6 Å². The second-order valence-electron chi connectivity index (χ2n) is 6.63. The minimum Gasteiger partial charge on any atom is -0.481 e. The van der Waals surface area contributed by atoms with E-state index in [-0.39, 0.29) is 24.6 Å². The number of urea groups is 1. The summed E-state index contributed by atoms with van der Waals surface area (Å²) in [6.07, 6.45) is 6.66. The number of hydrogen-bond acceptors (Lipinski definition) is 3. The molecule has 126 valence electrons. The number of amides is 2. The Morgan fingerprint density at radius 2 is 1.77 bits per heavy atom. The number of carbonyl (C=O) groups excluding carboxylic acids is 1. The first-order chi connectivity index (χ1) is 10.6. The Morgan fingerprint density at radius 1 is 1.05 bits per heavy atom. The number of aliphatic carboxylic acids is 1. The third kappa shape index (κ3) is 4.87. The van der Waals surface area contributed by atoms with Crippen LogP contribution >= 0.6 is 0 Å². The second kappa shape index (κ2) is 8.36. The van der Waals surface area contributed by atoms with Gasteiger partial charge in [-0.25, -0.2) is 4.79 Å². The van der Waals surface area contributed by atoms with Crippen LogP contribution in [0.15, 0.2) is 0 Å². The van der Waals surface area contributed by atoms with Crippen molar-refractivity contribution in [1.29, 1.82) is 0 Å². The van der Waals surface area contributed by atoms with E-state index in [2.05, 4.69) is 5.32 Å². The molecule has 0 radical (unpaired) electrons. The lowest BCUT2D eigenvalue weighted by Gasteiger charge is -2.29. The molecule has 6 heteroatoms. The summed E-state index contributed by atoms with van der Waals surface area (Å²) in [7, 11) is 0. The Morgan fingerprint density at radius 3 is 2.41 bits per heavy atom. The molecular weight excluding hydrogens is 284 g/mol. The molecule has 1 saturated heterocycles. The summed E-state index contributed by atoms with van der Waals surface area (Å²) in [5.74, 6) is -0.438. The third-order valence-electron chi connectivity index (χ3n) is 5.08. The molecule has 3 N–H and O–H groups in total. The molecule has 1 atom stereocenters. The first-order valence-electron chi connectivity index (χ1n) is 8.49. The maximum absolute atomic E-state index is 12.3. The molecule has 0 spiro atoms. The summed E-state index contributed by atoms with van der Waals surface area (Å²) in [6.45, 7) is 1.75. The largest absolute Gasteiger partial charge is 0.481 e. The predicted octanol–water partition coefficient (Wildman–Crippen LogP) is 1.82. The van der Waals surface area contributed by atoms with Gasteiger partial charge in [0.05, 0.1) is 5.92 Å². The standard InChI is InChI=1S/C16H28N2O4/c19-11-8-12-2-1-9-18(10-7-12)16(22)17-14-5-3-13(4-6-14)15(20)21/h12-14,19H,1-11H2,(H,17,22)(H,20,21). The van der Waals surface area contributed by atoms with Crippen LogP contribution in [0.25, 0.3) is 0 Å². The summed E-state index contributed by atoms with van der Waals surface area (Å²) in [6, 6.07) is 0.100. The first-order valence-corrected chi connectivity index (χ1v) is 8.49. The van der Waals surface area contributed by atoms with Gasteiger partial charge >= 0.3 is 12.0 Å². The summed E-state index contributed by atoms with van der Waals surface area (Å²) in [5.41, 5.74) is 0. The number of rotatable bonds is 4. The van der Waals surface area contributed by atoms with Crippen LogP contribution in [0.1, 0.15) is 51.4 Å². The van der Waals surface area contributed by atoms with E-state index in [1.807, 2.05) is 4.90 Å². The quantitative estimate of drug-likeness (QED) is 0.738. The minimum absolute atomic E-state index is 0.0107. The van der Waals surface area contributed by atoms with Crippen LogP contribution in [0.4, 0.5) is 4.79 Å². The molecule has 1 saturated carbocycles. The SMILES string of the molecule is O=C(O)C1CCC(NC(=O)N2CCCC(CCO)CC2)CC1. The molecule has 1 heterocycles. The molecule has 2 rings (SSSR count). The van der Waals surface area contributed by atoms with E-state index in [0.29, 0.717) is 18.8 Å². The fraction of sp³-hybridized carbons (Fsp3) is 0.875. The minimum atomic E-state index is -0.716. The zero-order valence-electron chi connectivity index (χ0n) is 13.2. The topological polar surface area (TPSA) is 89.9 Å². The monoisotopic (exact) mass is 312 g/mol. The molecule has 1 unspecified atom stereocenters. The fourth-order valence-corrected chi connectivity index (χ4v) is 3.59. The second-order valence-corrected chi connectivity index (χ2v) is 6.63. The molecule has 6 nitrogen and oxygen atoms in total. The van der Waals surface area contributed by atoms with Gasteiger partial charge in [0.15, 0.2) is 0 Å². The Balaban J connectivity index is 1.74. The zero-order chi connectivity index (χ0) is 15.9. The van der Waals surface area contributed by atoms with Crippen LogP contribution in [0.3, 0.4) is 0 Å². The maximum Gasteiger partial charge on any atom is 0.317 e. The van der Waals surface area contributed by atoms with Gasteiger partial charge in [-0.05, 0) is 57.3 Å². The molecule has 2 amide bonds. The number of hydrogen-bond donors (Lipinski definition) is 3. The van der Waals surface area contributed by atoms with E-state index in [1.165, 1.54) is 0 Å². The number of carboxylic acid groups (broad SMARTS) is 1. The van der Waals surface area contributed by atoms with Crippen molar-refractivity contribution < 1.29 is 19.8 Å². The lowest BCUT2D eigenvalue weighted by Crippen LogP contribution is -2.46. The molecule has 0 aromatic carbocycles.